The van der Waals surface area contributed by atoms with E-state index in [9.17, 15) is 18.8 Å². The number of aryl methyl sites for hydroxylation is 1. The van der Waals surface area contributed by atoms with Crippen molar-refractivity contribution in [2.45, 2.75) is 63.3 Å². The predicted molar refractivity (Wildman–Crippen MR) is 137 cm³/mol. The predicted octanol–water partition coefficient (Wildman–Crippen LogP) is 3.55. The molecule has 2 unspecified atom stereocenters. The number of carbonyl (C=O) groups is 3. The van der Waals surface area contributed by atoms with Gasteiger partial charge in [0.25, 0.3) is 0 Å². The highest BCUT2D eigenvalue weighted by atomic mass is 32.2. The number of benzene rings is 1. The van der Waals surface area contributed by atoms with E-state index in [0.29, 0.717) is 50.2 Å². The van der Waals surface area contributed by atoms with Gasteiger partial charge in [0.1, 0.15) is 11.5 Å². The Bertz CT molecular complexity index is 1170. The number of unbranched alkanes of at least 4 members (excludes halogenated alkanes) is 1. The van der Waals surface area contributed by atoms with Gasteiger partial charge >= 0.3 is 0 Å². The number of hydrogen-bond acceptors (Lipinski definition) is 8. The number of Topliss-reactive ketones (excluding diaryl/α,β-unsaturated/α-hetero) is 1. The molecule has 1 saturated carbocycles. The zero-order valence-electron chi connectivity index (χ0n) is 20.8. The highest BCUT2D eigenvalue weighted by molar-refractivity contribution is 8.14. The number of rotatable bonds is 11. The van der Waals surface area contributed by atoms with E-state index < -0.39 is 11.9 Å². The Labute approximate surface area is 219 Å². The first-order valence-corrected chi connectivity index (χ1v) is 13.5. The minimum atomic E-state index is -0.660. The Hall–Kier alpha value is -2.89. The molecule has 2 N–H and O–H groups in total. The van der Waals surface area contributed by atoms with E-state index >= 15 is 0 Å². The average molecular weight is 530 g/mol. The van der Waals surface area contributed by atoms with E-state index in [1.165, 1.54) is 17.8 Å². The van der Waals surface area contributed by atoms with Gasteiger partial charge in [-0.15, -0.1) is 5.10 Å². The maximum Gasteiger partial charge on any atom is 0.243 e. The highest BCUT2D eigenvalue weighted by Gasteiger charge is 2.41. The standard InChI is InChI=1S/C26H32FN5O4S/c1-17(33)37-23-11-13-31(25(26(35)18-9-10-18)21-6-2-3-7-22(21)27)15-19(23)14-20-16-32(30-28-20)12-5-4-8-24(34)29-36/h2-3,6-7,14,16,18,23,25,36H,4-5,8-13,15H2,1H3,(H,29,34)/b19-14+. The summed E-state index contributed by atoms with van der Waals surface area (Å²) in [7, 11) is 0. The minimum absolute atomic E-state index is 0.0135. The number of piperidine rings is 1. The highest BCUT2D eigenvalue weighted by Crippen LogP contribution is 2.40. The van der Waals surface area contributed by atoms with Crippen molar-refractivity contribution in [2.75, 3.05) is 13.1 Å². The first kappa shape index (κ1) is 27.2. The maximum absolute atomic E-state index is 14.8. The number of carbonyl (C=O) groups excluding carboxylic acids is 3. The molecule has 37 heavy (non-hydrogen) atoms. The molecule has 0 radical (unpaired) electrons. The van der Waals surface area contributed by atoms with Crippen LogP contribution in [0, 0.1) is 11.7 Å². The van der Waals surface area contributed by atoms with Crippen LogP contribution < -0.4 is 5.48 Å². The normalized spacial score (nSPS) is 20.1. The third-order valence-electron chi connectivity index (χ3n) is 6.66. The summed E-state index contributed by atoms with van der Waals surface area (Å²) in [4.78, 5) is 38.5. The molecular formula is C26H32FN5O4S. The van der Waals surface area contributed by atoms with Crippen LogP contribution in [0.5, 0.6) is 0 Å². The Morgan fingerprint density at radius 2 is 2.03 bits per heavy atom. The summed E-state index contributed by atoms with van der Waals surface area (Å²) >= 11 is 1.26. The molecule has 0 spiro atoms. The molecule has 2 heterocycles. The Balaban J connectivity index is 1.53. The van der Waals surface area contributed by atoms with Crippen molar-refractivity contribution in [3.05, 3.63) is 53.1 Å². The van der Waals surface area contributed by atoms with Crippen molar-refractivity contribution in [3.8, 4) is 0 Å². The summed E-state index contributed by atoms with van der Waals surface area (Å²) in [6.45, 7) is 3.11. The lowest BCUT2D eigenvalue weighted by molar-refractivity contribution is -0.129. The Morgan fingerprint density at radius 3 is 2.73 bits per heavy atom. The number of nitrogens with zero attached hydrogens (tertiary/aromatic N) is 4. The topological polar surface area (TPSA) is 117 Å². The number of amides is 1. The van der Waals surface area contributed by atoms with Crippen molar-refractivity contribution in [3.63, 3.8) is 0 Å². The molecule has 4 rings (SSSR count). The van der Waals surface area contributed by atoms with Crippen LogP contribution in [0.1, 0.15) is 62.7 Å². The Morgan fingerprint density at radius 1 is 1.24 bits per heavy atom. The van der Waals surface area contributed by atoms with Crippen LogP contribution in [0.4, 0.5) is 4.39 Å². The summed E-state index contributed by atoms with van der Waals surface area (Å²) in [5.41, 5.74) is 3.60. The zero-order chi connectivity index (χ0) is 26.4. The molecule has 1 aromatic heterocycles. The number of likely N-dealkylation sites (tertiary alicyclic amines) is 1. The lowest BCUT2D eigenvalue weighted by Crippen LogP contribution is -2.43. The first-order valence-electron chi connectivity index (χ1n) is 12.6. The molecule has 11 heteroatoms. The van der Waals surface area contributed by atoms with E-state index in [0.717, 1.165) is 18.4 Å². The van der Waals surface area contributed by atoms with Gasteiger partial charge in [-0.2, -0.15) is 0 Å². The second-order valence-electron chi connectivity index (χ2n) is 9.58. The molecule has 2 aromatic rings. The molecule has 1 aliphatic carbocycles. The zero-order valence-corrected chi connectivity index (χ0v) is 21.6. The maximum atomic E-state index is 14.8. The van der Waals surface area contributed by atoms with Gasteiger partial charge in [0.05, 0.1) is 12.2 Å². The second-order valence-corrected chi connectivity index (χ2v) is 11.0. The molecule has 9 nitrogen and oxygen atoms in total. The average Bonchev–Trinajstić information content (AvgIpc) is 3.64. The summed E-state index contributed by atoms with van der Waals surface area (Å²) < 4.78 is 16.5. The lowest BCUT2D eigenvalue weighted by Gasteiger charge is -2.38. The minimum Gasteiger partial charge on any atom is -0.297 e. The van der Waals surface area contributed by atoms with E-state index in [1.54, 1.807) is 41.5 Å². The summed E-state index contributed by atoms with van der Waals surface area (Å²) in [5, 5.41) is 16.9. The van der Waals surface area contributed by atoms with Gasteiger partial charge in [0.2, 0.25) is 5.91 Å². The monoisotopic (exact) mass is 529 g/mol. The van der Waals surface area contributed by atoms with Gasteiger partial charge in [-0.1, -0.05) is 35.2 Å². The Kier molecular flexibility index (Phi) is 9.23. The van der Waals surface area contributed by atoms with Crippen molar-refractivity contribution in [2.24, 2.45) is 5.92 Å². The van der Waals surface area contributed by atoms with Crippen LogP contribution >= 0.6 is 11.8 Å². The molecule has 198 valence electrons. The molecule has 2 aliphatic rings. The fraction of sp³-hybridized carbons (Fsp3) is 0.500. The number of aromatic nitrogens is 3. The molecule has 2 fully saturated rings. The number of ketones is 1. The van der Waals surface area contributed by atoms with E-state index in [2.05, 4.69) is 10.3 Å². The van der Waals surface area contributed by atoms with Gasteiger partial charge in [-0.3, -0.25) is 29.2 Å². The summed E-state index contributed by atoms with van der Waals surface area (Å²) in [6.07, 6.45) is 7.57. The first-order chi connectivity index (χ1) is 17.9. The van der Waals surface area contributed by atoms with Gasteiger partial charge in [0.15, 0.2) is 10.9 Å². The van der Waals surface area contributed by atoms with Crippen molar-refractivity contribution < 1.29 is 24.0 Å². The number of hydroxylamine groups is 1. The molecule has 1 aliphatic heterocycles. The third kappa shape index (κ3) is 7.33. The van der Waals surface area contributed by atoms with E-state index in [1.807, 2.05) is 11.0 Å². The van der Waals surface area contributed by atoms with Crippen molar-refractivity contribution >= 4 is 34.6 Å². The molecular weight excluding hydrogens is 497 g/mol. The smallest absolute Gasteiger partial charge is 0.243 e. The molecule has 0 bridgehead atoms. The molecule has 1 saturated heterocycles. The van der Waals surface area contributed by atoms with Crippen LogP contribution in [0.3, 0.4) is 0 Å². The molecule has 2 atom stereocenters. The van der Waals surface area contributed by atoms with E-state index in [-0.39, 0.29) is 34.3 Å². The fourth-order valence-electron chi connectivity index (χ4n) is 4.69. The van der Waals surface area contributed by atoms with Crippen LogP contribution in [-0.4, -0.2) is 60.2 Å². The summed E-state index contributed by atoms with van der Waals surface area (Å²) in [6, 6.07) is 5.81. The van der Waals surface area contributed by atoms with Gasteiger partial charge in [0, 0.05) is 49.7 Å². The van der Waals surface area contributed by atoms with Crippen LogP contribution in [0.2, 0.25) is 0 Å². The number of halogens is 1. The fourth-order valence-corrected chi connectivity index (χ4v) is 5.61. The van der Waals surface area contributed by atoms with Crippen LogP contribution in [0.15, 0.2) is 36.0 Å². The number of hydrogen-bond donors (Lipinski definition) is 2. The molecule has 1 amide bonds. The number of nitrogens with one attached hydrogen (secondary N) is 1. The third-order valence-corrected chi connectivity index (χ3v) is 7.81. The van der Waals surface area contributed by atoms with Gasteiger partial charge in [-0.05, 0) is 49.8 Å². The quantitative estimate of drug-likeness (QED) is 0.258. The van der Waals surface area contributed by atoms with E-state index in [4.69, 9.17) is 5.21 Å². The van der Waals surface area contributed by atoms with Crippen LogP contribution in [-0.2, 0) is 20.9 Å². The molecule has 1 aromatic carbocycles. The van der Waals surface area contributed by atoms with Gasteiger partial charge in [-0.25, -0.2) is 9.87 Å². The van der Waals surface area contributed by atoms with Crippen molar-refractivity contribution in [1.29, 1.82) is 0 Å². The number of thioether (sulfide) groups is 1. The van der Waals surface area contributed by atoms with Crippen LogP contribution in [0.25, 0.3) is 6.08 Å². The van der Waals surface area contributed by atoms with Gasteiger partial charge < -0.3 is 0 Å². The SMILES string of the molecule is CC(=O)SC1CCN(C(C(=O)C2CC2)c2ccccc2F)C/C1=C\c1cn(CCCCC(=O)NO)nn1. The second kappa shape index (κ2) is 12.6. The summed E-state index contributed by atoms with van der Waals surface area (Å²) in [5.74, 6) is -0.770. The largest absolute Gasteiger partial charge is 0.297 e. The lowest BCUT2D eigenvalue weighted by atomic mass is 9.93. The van der Waals surface area contributed by atoms with Crippen molar-refractivity contribution in [1.82, 2.24) is 25.4 Å².